The lowest BCUT2D eigenvalue weighted by molar-refractivity contribution is -0.138. The van der Waals surface area contributed by atoms with Crippen molar-refractivity contribution >= 4 is 23.7 Å². The molecule has 0 heterocycles. The fraction of sp³-hybridized carbons (Fsp3) is 0.250. The van der Waals surface area contributed by atoms with Crippen molar-refractivity contribution in [2.75, 3.05) is 5.32 Å². The van der Waals surface area contributed by atoms with Gasteiger partial charge < -0.3 is 20.5 Å². The van der Waals surface area contributed by atoms with Gasteiger partial charge in [0, 0.05) is 12.1 Å². The monoisotopic (exact) mass is 424 g/mol. The minimum Gasteiger partial charge on any atom is -0.481 e. The van der Waals surface area contributed by atoms with E-state index in [1.165, 1.54) is 0 Å². The number of amides is 2. The Hall–Kier alpha value is -3.56. The van der Waals surface area contributed by atoms with E-state index in [4.69, 9.17) is 9.84 Å². The molecule has 0 spiro atoms. The van der Waals surface area contributed by atoms with Crippen LogP contribution in [0, 0.1) is 0 Å². The topological polar surface area (TPSA) is 105 Å². The number of benzene rings is 2. The Morgan fingerprint density at radius 1 is 1.00 bits per heavy atom. The van der Waals surface area contributed by atoms with E-state index in [0.717, 1.165) is 24.3 Å². The molecule has 1 atom stereocenters. The van der Waals surface area contributed by atoms with E-state index >= 15 is 0 Å². The van der Waals surface area contributed by atoms with Crippen molar-refractivity contribution in [2.24, 2.45) is 0 Å². The van der Waals surface area contributed by atoms with Gasteiger partial charge in [-0.3, -0.25) is 9.59 Å². The Kier molecular flexibility index (Phi) is 7.79. The van der Waals surface area contributed by atoms with Gasteiger partial charge in [0.05, 0.1) is 5.56 Å². The molecule has 30 heavy (non-hydrogen) atoms. The first-order valence-corrected chi connectivity index (χ1v) is 8.82. The predicted octanol–water partition coefficient (Wildman–Crippen LogP) is 3.80. The predicted molar refractivity (Wildman–Crippen MR) is 100 cm³/mol. The molecule has 0 saturated carbocycles. The number of alkyl carbamates (subject to hydrolysis) is 1. The van der Waals surface area contributed by atoms with Crippen LogP contribution in [0.3, 0.4) is 0 Å². The van der Waals surface area contributed by atoms with Gasteiger partial charge in [0.25, 0.3) is 0 Å². The van der Waals surface area contributed by atoms with Crippen LogP contribution in [-0.4, -0.2) is 29.1 Å². The molecule has 0 aromatic heterocycles. The van der Waals surface area contributed by atoms with Crippen molar-refractivity contribution in [3.8, 4) is 0 Å². The average molecular weight is 424 g/mol. The second-order valence-electron chi connectivity index (χ2n) is 6.26. The highest BCUT2D eigenvalue weighted by Crippen LogP contribution is 2.29. The number of halogens is 3. The molecule has 0 aliphatic rings. The zero-order chi connectivity index (χ0) is 22.1. The number of carbonyl (C=O) groups is 3. The van der Waals surface area contributed by atoms with Gasteiger partial charge in [-0.15, -0.1) is 0 Å². The average Bonchev–Trinajstić information content (AvgIpc) is 2.70. The normalized spacial score (nSPS) is 12.0. The van der Waals surface area contributed by atoms with E-state index in [9.17, 15) is 27.6 Å². The number of anilines is 1. The Balaban J connectivity index is 1.99. The van der Waals surface area contributed by atoms with E-state index in [2.05, 4.69) is 10.6 Å². The zero-order valence-electron chi connectivity index (χ0n) is 15.6. The summed E-state index contributed by atoms with van der Waals surface area (Å²) in [7, 11) is 0. The molecule has 2 rings (SSSR count). The molecule has 0 bridgehead atoms. The maximum absolute atomic E-state index is 12.6. The van der Waals surface area contributed by atoms with Crippen molar-refractivity contribution < 1.29 is 37.4 Å². The summed E-state index contributed by atoms with van der Waals surface area (Å²) in [4.78, 5) is 35.2. The molecule has 10 heteroatoms. The Morgan fingerprint density at radius 3 is 2.20 bits per heavy atom. The first-order valence-electron chi connectivity index (χ1n) is 8.82. The molecule has 160 valence electrons. The Bertz CT molecular complexity index is 870. The molecule has 0 radical (unpaired) electrons. The molecular weight excluding hydrogens is 405 g/mol. The van der Waals surface area contributed by atoms with Crippen molar-refractivity contribution in [1.29, 1.82) is 0 Å². The molecule has 2 aromatic carbocycles. The molecule has 2 aromatic rings. The number of hydrogen-bond acceptors (Lipinski definition) is 4. The number of alkyl halides is 3. The fourth-order valence-electron chi connectivity index (χ4n) is 2.42. The smallest absolute Gasteiger partial charge is 0.416 e. The molecule has 1 unspecified atom stereocenters. The standard InChI is InChI=1S/C20H19F3N2O5/c21-20(22,23)14-6-8-15(9-7-14)24-18(28)16(10-11-17(26)27)25-19(29)30-12-13-4-2-1-3-5-13/h1-9,16H,10-12H2,(H,24,28)(H,25,29)(H,26,27). The minimum atomic E-state index is -4.52. The van der Waals surface area contributed by atoms with E-state index in [1.807, 2.05) is 0 Å². The van der Waals surface area contributed by atoms with Crippen LogP contribution >= 0.6 is 0 Å². The van der Waals surface area contributed by atoms with Crippen LogP contribution in [0.1, 0.15) is 24.0 Å². The molecule has 3 N–H and O–H groups in total. The summed E-state index contributed by atoms with van der Waals surface area (Å²) >= 11 is 0. The zero-order valence-corrected chi connectivity index (χ0v) is 15.6. The number of carboxylic acids is 1. The number of nitrogens with one attached hydrogen (secondary N) is 2. The summed E-state index contributed by atoms with van der Waals surface area (Å²) in [6.07, 6.45) is -6.10. The number of rotatable bonds is 8. The molecule has 7 nitrogen and oxygen atoms in total. The highest BCUT2D eigenvalue weighted by molar-refractivity contribution is 5.96. The summed E-state index contributed by atoms with van der Waals surface area (Å²) in [5.74, 6) is -1.96. The lowest BCUT2D eigenvalue weighted by Gasteiger charge is -2.18. The summed E-state index contributed by atoms with van der Waals surface area (Å²) in [5.41, 5.74) is -0.109. The number of carbonyl (C=O) groups excluding carboxylic acids is 2. The van der Waals surface area contributed by atoms with E-state index in [-0.39, 0.29) is 18.7 Å². The summed E-state index contributed by atoms with van der Waals surface area (Å²) < 4.78 is 42.9. The van der Waals surface area contributed by atoms with E-state index in [1.54, 1.807) is 30.3 Å². The molecular formula is C20H19F3N2O5. The molecule has 0 aliphatic heterocycles. The van der Waals surface area contributed by atoms with Crippen LogP contribution in [0.15, 0.2) is 54.6 Å². The van der Waals surface area contributed by atoms with Crippen molar-refractivity contribution in [2.45, 2.75) is 31.7 Å². The van der Waals surface area contributed by atoms with Gasteiger partial charge in [0.15, 0.2) is 0 Å². The summed E-state index contributed by atoms with van der Waals surface area (Å²) in [6, 6.07) is 11.2. The first-order chi connectivity index (χ1) is 14.1. The van der Waals surface area contributed by atoms with Crippen LogP contribution < -0.4 is 10.6 Å². The van der Waals surface area contributed by atoms with Gasteiger partial charge in [-0.1, -0.05) is 30.3 Å². The second-order valence-corrected chi connectivity index (χ2v) is 6.26. The van der Waals surface area contributed by atoms with E-state index in [0.29, 0.717) is 5.56 Å². The van der Waals surface area contributed by atoms with Gasteiger partial charge >= 0.3 is 18.2 Å². The third kappa shape index (κ3) is 7.46. The van der Waals surface area contributed by atoms with Gasteiger partial charge in [-0.2, -0.15) is 13.2 Å². The first kappa shape index (κ1) is 22.7. The SMILES string of the molecule is O=C(O)CCC(NC(=O)OCc1ccccc1)C(=O)Nc1ccc(C(F)(F)F)cc1. The number of aliphatic carboxylic acids is 1. The van der Waals surface area contributed by atoms with Crippen LogP contribution in [0.5, 0.6) is 0 Å². The third-order valence-electron chi connectivity index (χ3n) is 3.95. The number of hydrogen-bond donors (Lipinski definition) is 3. The second kappa shape index (κ2) is 10.3. The molecule has 2 amide bonds. The van der Waals surface area contributed by atoms with Crippen LogP contribution in [-0.2, 0) is 27.1 Å². The van der Waals surface area contributed by atoms with Crippen LogP contribution in [0.2, 0.25) is 0 Å². The van der Waals surface area contributed by atoms with Crippen molar-refractivity contribution in [3.63, 3.8) is 0 Å². The van der Waals surface area contributed by atoms with Gasteiger partial charge in [-0.25, -0.2) is 4.79 Å². The van der Waals surface area contributed by atoms with Gasteiger partial charge in [0.2, 0.25) is 5.91 Å². The van der Waals surface area contributed by atoms with Crippen LogP contribution in [0.25, 0.3) is 0 Å². The number of carboxylic acid groups (broad SMARTS) is 1. The fourth-order valence-corrected chi connectivity index (χ4v) is 2.42. The third-order valence-corrected chi connectivity index (χ3v) is 3.95. The number of ether oxygens (including phenoxy) is 1. The minimum absolute atomic E-state index is 0.0567. The summed E-state index contributed by atoms with van der Waals surface area (Å²) in [5, 5.41) is 13.5. The Morgan fingerprint density at radius 2 is 1.63 bits per heavy atom. The van der Waals surface area contributed by atoms with Crippen molar-refractivity contribution in [3.05, 3.63) is 65.7 Å². The quantitative estimate of drug-likeness (QED) is 0.598. The maximum Gasteiger partial charge on any atom is 0.416 e. The van der Waals surface area contributed by atoms with Crippen LogP contribution in [0.4, 0.5) is 23.7 Å². The molecule has 0 fully saturated rings. The Labute approximate surface area is 169 Å². The largest absolute Gasteiger partial charge is 0.481 e. The highest BCUT2D eigenvalue weighted by Gasteiger charge is 2.30. The highest BCUT2D eigenvalue weighted by atomic mass is 19.4. The van der Waals surface area contributed by atoms with Gasteiger partial charge in [0.1, 0.15) is 12.6 Å². The molecule has 0 saturated heterocycles. The lowest BCUT2D eigenvalue weighted by Crippen LogP contribution is -2.44. The van der Waals surface area contributed by atoms with Gasteiger partial charge in [-0.05, 0) is 36.2 Å². The summed E-state index contributed by atoms with van der Waals surface area (Å²) in [6.45, 7) is -0.0567. The van der Waals surface area contributed by atoms with E-state index < -0.39 is 42.2 Å². The molecule has 0 aliphatic carbocycles. The lowest BCUT2D eigenvalue weighted by atomic mass is 10.1. The van der Waals surface area contributed by atoms with Crippen molar-refractivity contribution in [1.82, 2.24) is 5.32 Å². The maximum atomic E-state index is 12.6.